The van der Waals surface area contributed by atoms with Crippen LogP contribution in [0.5, 0.6) is 5.75 Å². The number of nitrogens with zero attached hydrogens (tertiary/aromatic N) is 1. The molecule has 1 aromatic rings. The van der Waals surface area contributed by atoms with E-state index in [2.05, 4.69) is 42.4 Å². The molecule has 0 spiro atoms. The molecule has 2 heterocycles. The third-order valence-corrected chi connectivity index (χ3v) is 4.44. The molecule has 2 aliphatic heterocycles. The molecule has 0 saturated carbocycles. The molecule has 1 N–H and O–H groups in total. The average molecular weight is 290 g/mol. The quantitative estimate of drug-likeness (QED) is 0.924. The molecule has 2 atom stereocenters. The number of hydrogen-bond acceptors (Lipinski definition) is 4. The van der Waals surface area contributed by atoms with E-state index < -0.39 is 0 Å². The van der Waals surface area contributed by atoms with Crippen molar-refractivity contribution in [2.45, 2.75) is 31.9 Å². The first-order chi connectivity index (χ1) is 10.2. The zero-order valence-electron chi connectivity index (χ0n) is 13.1. The Morgan fingerprint density at radius 2 is 2.24 bits per heavy atom. The van der Waals surface area contributed by atoms with E-state index >= 15 is 0 Å². The fraction of sp³-hybridized carbons (Fsp3) is 0.647. The number of rotatable bonds is 3. The number of fused-ring (bicyclic) bond motifs is 1. The molecule has 21 heavy (non-hydrogen) atoms. The first-order valence-corrected chi connectivity index (χ1v) is 8.00. The summed E-state index contributed by atoms with van der Waals surface area (Å²) in [6.07, 6.45) is 2.51. The highest BCUT2D eigenvalue weighted by atomic mass is 16.5. The highest BCUT2D eigenvalue weighted by Gasteiger charge is 2.23. The minimum absolute atomic E-state index is 0.293. The van der Waals surface area contributed by atoms with Gasteiger partial charge in [0.2, 0.25) is 0 Å². The van der Waals surface area contributed by atoms with Crippen LogP contribution in [-0.2, 0) is 4.74 Å². The normalized spacial score (nSPS) is 26.8. The van der Waals surface area contributed by atoms with E-state index in [0.717, 1.165) is 51.4 Å². The Balaban J connectivity index is 1.67. The summed E-state index contributed by atoms with van der Waals surface area (Å²) in [7, 11) is 2.16. The van der Waals surface area contributed by atoms with Crippen LogP contribution in [0.3, 0.4) is 0 Å². The summed E-state index contributed by atoms with van der Waals surface area (Å²) in [5.74, 6) is 1.08. The van der Waals surface area contributed by atoms with Crippen LogP contribution in [0, 0.1) is 6.92 Å². The zero-order chi connectivity index (χ0) is 14.7. The van der Waals surface area contributed by atoms with Gasteiger partial charge < -0.3 is 19.7 Å². The van der Waals surface area contributed by atoms with Gasteiger partial charge in [-0.15, -0.1) is 0 Å². The van der Waals surface area contributed by atoms with Gasteiger partial charge in [-0.05, 0) is 32.4 Å². The van der Waals surface area contributed by atoms with Crippen molar-refractivity contribution in [2.75, 3.05) is 39.9 Å². The molecular formula is C17H26N2O2. The molecule has 2 aliphatic rings. The molecule has 116 valence electrons. The molecule has 0 radical (unpaired) electrons. The van der Waals surface area contributed by atoms with Crippen molar-refractivity contribution >= 4 is 0 Å². The minimum atomic E-state index is 0.293. The van der Waals surface area contributed by atoms with Gasteiger partial charge in [0, 0.05) is 31.2 Å². The number of benzene rings is 1. The summed E-state index contributed by atoms with van der Waals surface area (Å²) in [5, 5.41) is 3.70. The summed E-state index contributed by atoms with van der Waals surface area (Å²) in [6.45, 7) is 6.74. The summed E-state index contributed by atoms with van der Waals surface area (Å²) in [5.41, 5.74) is 2.53. The third kappa shape index (κ3) is 3.57. The topological polar surface area (TPSA) is 33.7 Å². The predicted octanol–water partition coefficient (Wildman–Crippen LogP) is 2.13. The van der Waals surface area contributed by atoms with Gasteiger partial charge in [0.25, 0.3) is 0 Å². The van der Waals surface area contributed by atoms with Crippen LogP contribution >= 0.6 is 0 Å². The molecule has 0 aliphatic carbocycles. The van der Waals surface area contributed by atoms with Crippen molar-refractivity contribution in [3.05, 3.63) is 29.3 Å². The number of morpholine rings is 1. The Bertz CT molecular complexity index is 478. The first kappa shape index (κ1) is 14.8. The van der Waals surface area contributed by atoms with Gasteiger partial charge >= 0.3 is 0 Å². The molecule has 4 heteroatoms. The molecular weight excluding hydrogens is 264 g/mol. The Hall–Kier alpha value is -1.10. The SMILES string of the molecule is Cc1cccc2c1OCCCC2NCC1CN(C)CCO1. The Morgan fingerprint density at radius 1 is 1.33 bits per heavy atom. The number of likely N-dealkylation sites (N-methyl/N-ethyl adjacent to an activating group) is 1. The van der Waals surface area contributed by atoms with Crippen LogP contribution in [0.1, 0.15) is 30.0 Å². The van der Waals surface area contributed by atoms with Crippen molar-refractivity contribution in [3.8, 4) is 5.75 Å². The minimum Gasteiger partial charge on any atom is -0.493 e. The molecule has 0 amide bonds. The van der Waals surface area contributed by atoms with Crippen LogP contribution in [0.4, 0.5) is 0 Å². The molecule has 3 rings (SSSR count). The molecule has 1 saturated heterocycles. The van der Waals surface area contributed by atoms with Gasteiger partial charge in [0.05, 0.1) is 19.3 Å². The Kier molecular flexibility index (Phi) is 4.78. The second kappa shape index (κ2) is 6.77. The Labute approximate surface area is 127 Å². The van der Waals surface area contributed by atoms with E-state index in [0.29, 0.717) is 12.1 Å². The molecule has 1 fully saturated rings. The van der Waals surface area contributed by atoms with Gasteiger partial charge in [-0.2, -0.15) is 0 Å². The lowest BCUT2D eigenvalue weighted by Crippen LogP contribution is -2.45. The van der Waals surface area contributed by atoms with Crippen molar-refractivity contribution < 1.29 is 9.47 Å². The standard InChI is InChI=1S/C17H26N2O2/c1-13-5-3-6-15-16(7-4-9-21-17(13)15)18-11-14-12-19(2)8-10-20-14/h3,5-6,14,16,18H,4,7-12H2,1-2H3. The molecule has 2 unspecified atom stereocenters. The lowest BCUT2D eigenvalue weighted by Gasteiger charge is -2.31. The summed E-state index contributed by atoms with van der Waals surface area (Å²) < 4.78 is 11.8. The second-order valence-electron chi connectivity index (χ2n) is 6.20. The number of nitrogens with one attached hydrogen (secondary N) is 1. The molecule has 0 aromatic heterocycles. The average Bonchev–Trinajstić information content (AvgIpc) is 2.69. The molecule has 1 aromatic carbocycles. The van der Waals surface area contributed by atoms with Crippen LogP contribution in [-0.4, -0.2) is 50.9 Å². The van der Waals surface area contributed by atoms with Crippen molar-refractivity contribution in [1.82, 2.24) is 10.2 Å². The van der Waals surface area contributed by atoms with E-state index in [-0.39, 0.29) is 0 Å². The number of ether oxygens (including phenoxy) is 2. The van der Waals surface area contributed by atoms with Crippen LogP contribution in [0.2, 0.25) is 0 Å². The van der Waals surface area contributed by atoms with E-state index in [9.17, 15) is 0 Å². The van der Waals surface area contributed by atoms with Crippen molar-refractivity contribution in [3.63, 3.8) is 0 Å². The smallest absolute Gasteiger partial charge is 0.126 e. The van der Waals surface area contributed by atoms with Crippen LogP contribution in [0.25, 0.3) is 0 Å². The molecule has 4 nitrogen and oxygen atoms in total. The third-order valence-electron chi connectivity index (χ3n) is 4.44. The van der Waals surface area contributed by atoms with Gasteiger partial charge in [-0.25, -0.2) is 0 Å². The molecule has 0 bridgehead atoms. The van der Waals surface area contributed by atoms with Crippen LogP contribution in [0.15, 0.2) is 18.2 Å². The van der Waals surface area contributed by atoms with Crippen molar-refractivity contribution in [2.24, 2.45) is 0 Å². The van der Waals surface area contributed by atoms with Gasteiger partial charge in [0.15, 0.2) is 0 Å². The van der Waals surface area contributed by atoms with E-state index in [1.807, 2.05) is 0 Å². The monoisotopic (exact) mass is 290 g/mol. The second-order valence-corrected chi connectivity index (χ2v) is 6.20. The lowest BCUT2D eigenvalue weighted by molar-refractivity contribution is -0.0194. The van der Waals surface area contributed by atoms with Gasteiger partial charge in [0.1, 0.15) is 5.75 Å². The first-order valence-electron chi connectivity index (χ1n) is 8.00. The fourth-order valence-corrected chi connectivity index (χ4v) is 3.24. The van der Waals surface area contributed by atoms with E-state index in [1.165, 1.54) is 11.1 Å². The fourth-order valence-electron chi connectivity index (χ4n) is 3.24. The number of aryl methyl sites for hydroxylation is 1. The maximum absolute atomic E-state index is 5.94. The highest BCUT2D eigenvalue weighted by Crippen LogP contribution is 2.33. The van der Waals surface area contributed by atoms with Crippen molar-refractivity contribution in [1.29, 1.82) is 0 Å². The predicted molar refractivity (Wildman–Crippen MR) is 83.9 cm³/mol. The number of hydrogen-bond donors (Lipinski definition) is 1. The summed E-state index contributed by atoms with van der Waals surface area (Å²) >= 11 is 0. The lowest BCUT2D eigenvalue weighted by atomic mass is 9.99. The summed E-state index contributed by atoms with van der Waals surface area (Å²) in [6, 6.07) is 6.82. The van der Waals surface area contributed by atoms with Gasteiger partial charge in [-0.3, -0.25) is 0 Å². The Morgan fingerprint density at radius 3 is 3.10 bits per heavy atom. The summed E-state index contributed by atoms with van der Waals surface area (Å²) in [4.78, 5) is 2.34. The van der Waals surface area contributed by atoms with E-state index in [4.69, 9.17) is 9.47 Å². The highest BCUT2D eigenvalue weighted by molar-refractivity contribution is 5.43. The largest absolute Gasteiger partial charge is 0.493 e. The van der Waals surface area contributed by atoms with Crippen LogP contribution < -0.4 is 10.1 Å². The number of para-hydroxylation sites is 1. The van der Waals surface area contributed by atoms with Gasteiger partial charge in [-0.1, -0.05) is 18.2 Å². The zero-order valence-corrected chi connectivity index (χ0v) is 13.1. The maximum atomic E-state index is 5.94. The van der Waals surface area contributed by atoms with E-state index in [1.54, 1.807) is 0 Å². The maximum Gasteiger partial charge on any atom is 0.126 e.